The molecule has 4 heterocycles. The third kappa shape index (κ3) is 17.9. The number of esters is 2. The first kappa shape index (κ1) is 65.5. The van der Waals surface area contributed by atoms with E-state index in [1.54, 1.807) is 6.92 Å². The fourth-order valence-corrected chi connectivity index (χ4v) is 12.4. The van der Waals surface area contributed by atoms with Crippen LogP contribution in [-0.4, -0.2) is 245 Å². The van der Waals surface area contributed by atoms with Crippen LogP contribution in [0.15, 0.2) is 36.4 Å². The zero-order chi connectivity index (χ0) is 58.4. The molecule has 26 heteroatoms. The minimum absolute atomic E-state index is 0.0314. The number of benzene rings is 2. The Morgan fingerprint density at radius 1 is 0.608 bits per heavy atom. The second-order valence-corrected chi connectivity index (χ2v) is 23.2. The van der Waals surface area contributed by atoms with Gasteiger partial charge in [-0.3, -0.25) is 19.4 Å². The van der Waals surface area contributed by atoms with Gasteiger partial charge in [0.25, 0.3) is 0 Å². The summed E-state index contributed by atoms with van der Waals surface area (Å²) in [6.45, 7) is 8.75. The van der Waals surface area contributed by atoms with E-state index in [0.29, 0.717) is 18.3 Å². The van der Waals surface area contributed by atoms with Crippen LogP contribution in [0.2, 0.25) is 0 Å². The van der Waals surface area contributed by atoms with E-state index in [4.69, 9.17) is 23.7 Å². The Balaban J connectivity index is 0.000000291. The van der Waals surface area contributed by atoms with Crippen LogP contribution in [0.3, 0.4) is 0 Å². The summed E-state index contributed by atoms with van der Waals surface area (Å²) in [4.78, 5) is 54.8. The highest BCUT2D eigenvalue weighted by atomic mass is 32.2. The van der Waals surface area contributed by atoms with Crippen LogP contribution >= 0.6 is 23.5 Å². The Bertz CT molecular complexity index is 2250. The van der Waals surface area contributed by atoms with Gasteiger partial charge in [0.2, 0.25) is 11.8 Å². The summed E-state index contributed by atoms with van der Waals surface area (Å²) >= 11 is 2.08. The molecule has 24 nitrogen and oxygen atoms in total. The monoisotopic (exact) mass is 1160 g/mol. The number of likely N-dealkylation sites (N-methyl/N-ethyl adjacent to an activating group) is 2. The molecule has 0 saturated carbocycles. The van der Waals surface area contributed by atoms with E-state index < -0.39 is 102 Å². The van der Waals surface area contributed by atoms with Crippen LogP contribution in [0.25, 0.3) is 0 Å². The second-order valence-electron chi connectivity index (χ2n) is 20.8. The van der Waals surface area contributed by atoms with Crippen molar-refractivity contribution in [1.82, 2.24) is 20.4 Å². The summed E-state index contributed by atoms with van der Waals surface area (Å²) in [5.41, 5.74) is -2.14. The van der Waals surface area contributed by atoms with Gasteiger partial charge in [-0.2, -0.15) is 0 Å². The van der Waals surface area contributed by atoms with Gasteiger partial charge in [-0.1, -0.05) is 26.7 Å². The number of aromatic hydroxyl groups is 4. The van der Waals surface area contributed by atoms with E-state index in [-0.39, 0.29) is 76.7 Å². The summed E-state index contributed by atoms with van der Waals surface area (Å²) in [5.74, 6) is -2.14. The number of nitrogens with zero attached hydrogens (tertiary/aromatic N) is 2. The number of carbonyl (C=O) groups excluding carboxylic acids is 4. The van der Waals surface area contributed by atoms with Gasteiger partial charge in [-0.05, 0) is 89.7 Å². The van der Waals surface area contributed by atoms with Crippen molar-refractivity contribution in [2.45, 2.75) is 162 Å². The number of nitrogens with one attached hydrogen (secondary N) is 2. The maximum absolute atomic E-state index is 13.3. The van der Waals surface area contributed by atoms with Crippen molar-refractivity contribution in [3.63, 3.8) is 0 Å². The van der Waals surface area contributed by atoms with E-state index in [0.717, 1.165) is 105 Å². The summed E-state index contributed by atoms with van der Waals surface area (Å²) in [6.07, 6.45) is -7.72. The molecule has 0 aliphatic carbocycles. The first-order chi connectivity index (χ1) is 37.4. The number of aliphatic hydroxyl groups excluding tert-OH is 7. The van der Waals surface area contributed by atoms with Gasteiger partial charge in [0.1, 0.15) is 95.9 Å². The van der Waals surface area contributed by atoms with Crippen molar-refractivity contribution in [2.75, 3.05) is 59.0 Å². The van der Waals surface area contributed by atoms with Crippen LogP contribution in [-0.2, 0) is 33.3 Å². The molecule has 13 N–H and O–H groups in total. The highest BCUT2D eigenvalue weighted by molar-refractivity contribution is 8.00. The number of thioether (sulfide) groups is 2. The Hall–Kier alpha value is -4.26. The molecule has 79 heavy (non-hydrogen) atoms. The molecule has 4 aliphatic heterocycles. The number of phenols is 4. The van der Waals surface area contributed by atoms with Crippen molar-refractivity contribution in [2.24, 2.45) is 11.8 Å². The topological polar surface area (TPSA) is 368 Å². The summed E-state index contributed by atoms with van der Waals surface area (Å²) in [6, 6.07) is 4.13. The molecule has 0 spiro atoms. The number of carbonyl (C=O) groups is 4. The molecule has 18 atom stereocenters. The molecule has 2 aromatic carbocycles. The molecule has 2 aromatic rings. The highest BCUT2D eigenvalue weighted by Gasteiger charge is 2.51. The average Bonchev–Trinajstić information content (AvgIpc) is 4.05. The molecule has 446 valence electrons. The van der Waals surface area contributed by atoms with Gasteiger partial charge in [-0.15, -0.1) is 23.5 Å². The predicted molar refractivity (Wildman–Crippen MR) is 289 cm³/mol. The fourth-order valence-electron chi connectivity index (χ4n) is 10.5. The lowest BCUT2D eigenvalue weighted by atomic mass is 9.91. The van der Waals surface area contributed by atoms with E-state index >= 15 is 0 Å². The fraction of sp³-hybridized carbons (Fsp3) is 0.698. The van der Waals surface area contributed by atoms with E-state index in [2.05, 4.69) is 24.5 Å². The van der Waals surface area contributed by atoms with E-state index in [9.17, 15) is 75.3 Å². The van der Waals surface area contributed by atoms with Crippen LogP contribution in [0.1, 0.15) is 86.9 Å². The van der Waals surface area contributed by atoms with Crippen LogP contribution < -0.4 is 10.6 Å². The van der Waals surface area contributed by atoms with Crippen molar-refractivity contribution < 1.29 is 99.0 Å². The summed E-state index contributed by atoms with van der Waals surface area (Å²) in [5, 5.41) is 118. The molecule has 4 saturated heterocycles. The Morgan fingerprint density at radius 3 is 1.33 bits per heavy atom. The van der Waals surface area contributed by atoms with Gasteiger partial charge in [0, 0.05) is 43.8 Å². The molecule has 2 amide bonds. The molecule has 4 fully saturated rings. The molecule has 0 aromatic heterocycles. The maximum Gasteiger partial charge on any atom is 0.338 e. The number of aliphatic hydroxyl groups is 7. The Morgan fingerprint density at radius 2 is 0.975 bits per heavy atom. The summed E-state index contributed by atoms with van der Waals surface area (Å²) < 4.78 is 27.7. The number of phenolic OH excluding ortho intramolecular Hbond substituents is 4. The molecule has 4 aliphatic rings. The minimum atomic E-state index is -1.61. The van der Waals surface area contributed by atoms with Crippen molar-refractivity contribution in [1.29, 1.82) is 0 Å². The van der Waals surface area contributed by atoms with Crippen molar-refractivity contribution in [3.8, 4) is 23.0 Å². The minimum Gasteiger partial charge on any atom is -0.508 e. The number of ether oxygens (including phenoxy) is 5. The van der Waals surface area contributed by atoms with Crippen LogP contribution in [0.4, 0.5) is 0 Å². The first-order valence-corrected chi connectivity index (χ1v) is 28.7. The first-order valence-electron chi connectivity index (χ1n) is 26.6. The Labute approximate surface area is 468 Å². The van der Waals surface area contributed by atoms with Gasteiger partial charge < -0.3 is 90.5 Å². The quantitative estimate of drug-likeness (QED) is 0.0523. The largest absolute Gasteiger partial charge is 0.508 e. The standard InChI is InChI=1S/C27H42N2O10S.C26H40N2O10S/c1-5-6-15-9-19(29(3)13-15)25(35)28-20(14(2)37-4)24-22(33)21(32)23(34)27(39-24)40-8-7-38-26(36)16-10-17(30)12-18(31)11-16;1-4-5-14-8-18(28(3)12-14)24(35)27-19(13(2)29)23-21(33)20(32)22(34)26(38-23)39-7-6-37-25(36)15-9-16(30)11-17(31)10-15/h10-12,14-15,19-24,27,30-34H,5-9,13H2,1-4H3,(H,28,35);9-11,13-14,18-23,26,29-34H,4-8,12H2,1-3H3,(H,27,35)/t14-,15-,19+,20-,21+,22-,23-,24-,27-;13-,14-,18+,19-,20+,21-,22-,23-,26-/m11/s1. The third-order valence-electron chi connectivity index (χ3n) is 14.7. The van der Waals surface area contributed by atoms with E-state index in [1.165, 1.54) is 14.0 Å². The lowest BCUT2D eigenvalue weighted by Gasteiger charge is -2.44. The molecular weight excluding hydrogens is 1080 g/mol. The SMILES string of the molecule is CCC[C@@H]1C[C@@H](C(=O)N[C@@H]([C@H]2O[C@H](SCCOC(=O)c3cc(O)cc(O)c3)[C@H](O)[C@@H](O)[C@H]2O)[C@@H](C)O)N(C)C1.CCC[C@@H]1C[C@@H](C(=O)N[C@@H]([C@H]2O[C@H](SCCOC(=O)c3cc(O)cc(O)c3)[C@H](O)[C@@H](O)[C@H]2O)[C@@H](C)OC)N(C)C1. The lowest BCUT2D eigenvalue weighted by Crippen LogP contribution is -2.66. The zero-order valence-corrected chi connectivity index (χ0v) is 47.3. The number of rotatable bonds is 23. The highest BCUT2D eigenvalue weighted by Crippen LogP contribution is 2.34. The number of hydrogen-bond acceptors (Lipinski definition) is 24. The number of hydrogen-bond donors (Lipinski definition) is 13. The predicted octanol–water partition coefficient (Wildman–Crippen LogP) is 0.217. The van der Waals surface area contributed by atoms with Crippen molar-refractivity contribution >= 4 is 47.3 Å². The normalized spacial score (nSPS) is 30.8. The third-order valence-corrected chi connectivity index (χ3v) is 16.9. The smallest absolute Gasteiger partial charge is 0.338 e. The van der Waals surface area contributed by atoms with Crippen molar-refractivity contribution in [3.05, 3.63) is 47.5 Å². The average molecular weight is 1160 g/mol. The van der Waals surface area contributed by atoms with Gasteiger partial charge in [0.15, 0.2) is 0 Å². The number of methoxy groups -OCH3 is 1. The van der Waals surface area contributed by atoms with E-state index in [1.807, 2.05) is 23.9 Å². The number of amides is 2. The Kier molecular flexibility index (Phi) is 25.5. The second kappa shape index (κ2) is 30.7. The van der Waals surface area contributed by atoms with Crippen LogP contribution in [0, 0.1) is 11.8 Å². The molecule has 0 bridgehead atoms. The maximum atomic E-state index is 13.3. The number of likely N-dealkylation sites (tertiary alicyclic amines) is 2. The van der Waals surface area contributed by atoms with Gasteiger partial charge in [-0.25, -0.2) is 9.59 Å². The molecular formula is C53H82N4O20S2. The molecule has 0 radical (unpaired) electrons. The zero-order valence-electron chi connectivity index (χ0n) is 45.6. The summed E-state index contributed by atoms with van der Waals surface area (Å²) in [7, 11) is 5.24. The molecule has 6 rings (SSSR count). The van der Waals surface area contributed by atoms with Gasteiger partial charge in [0.05, 0.1) is 47.5 Å². The van der Waals surface area contributed by atoms with Crippen LogP contribution in [0.5, 0.6) is 23.0 Å². The van der Waals surface area contributed by atoms with Gasteiger partial charge >= 0.3 is 11.9 Å². The molecule has 0 unspecified atom stereocenters. The lowest BCUT2D eigenvalue weighted by molar-refractivity contribution is -0.212.